The lowest BCUT2D eigenvalue weighted by atomic mass is 9.86. The van der Waals surface area contributed by atoms with Gasteiger partial charge in [-0.05, 0) is 29.2 Å². The van der Waals surface area contributed by atoms with E-state index in [0.717, 1.165) is 15.7 Å². The molecule has 0 radical (unpaired) electrons. The molecule has 0 aliphatic heterocycles. The van der Waals surface area contributed by atoms with Crippen molar-refractivity contribution in [2.45, 2.75) is 26.2 Å². The first-order valence-corrected chi connectivity index (χ1v) is 9.63. The van der Waals surface area contributed by atoms with Crippen LogP contribution in [-0.2, 0) is 5.41 Å². The Hall–Kier alpha value is -1.98. The highest BCUT2D eigenvalue weighted by molar-refractivity contribution is 9.10. The van der Waals surface area contributed by atoms with Gasteiger partial charge in [-0.3, -0.25) is 10.1 Å². The summed E-state index contributed by atoms with van der Waals surface area (Å²) in [7, 11) is 0. The minimum absolute atomic E-state index is 0.129. The number of hydrogen-bond acceptors (Lipinski definition) is 3. The first-order chi connectivity index (χ1) is 11.8. The highest BCUT2D eigenvalue weighted by Gasteiger charge is 2.14. The van der Waals surface area contributed by atoms with Crippen molar-refractivity contribution in [2.24, 2.45) is 0 Å². The predicted octanol–water partition coefficient (Wildman–Crippen LogP) is 6.12. The second-order valence-corrected chi connectivity index (χ2v) is 8.60. The maximum absolute atomic E-state index is 12.3. The number of carbonyl (C=O) groups excluding carboxylic acids is 1. The van der Waals surface area contributed by atoms with E-state index in [9.17, 15) is 4.79 Å². The highest BCUT2D eigenvalue weighted by atomic mass is 79.9. The molecule has 0 fully saturated rings. The summed E-state index contributed by atoms with van der Waals surface area (Å²) < 4.78 is 0.874. The van der Waals surface area contributed by atoms with Gasteiger partial charge in [0, 0.05) is 21.0 Å². The second kappa shape index (κ2) is 7.10. The molecule has 1 amide bonds. The first kappa shape index (κ1) is 17.8. The molecule has 0 saturated heterocycles. The summed E-state index contributed by atoms with van der Waals surface area (Å²) in [6.07, 6.45) is 0. The second-order valence-electron chi connectivity index (χ2n) is 6.83. The van der Waals surface area contributed by atoms with Crippen LogP contribution in [0.1, 0.15) is 36.7 Å². The lowest BCUT2D eigenvalue weighted by Gasteiger charge is -2.18. The van der Waals surface area contributed by atoms with Crippen molar-refractivity contribution >= 4 is 38.3 Å². The first-order valence-electron chi connectivity index (χ1n) is 7.96. The number of amides is 1. The molecule has 0 bridgehead atoms. The number of anilines is 1. The van der Waals surface area contributed by atoms with Gasteiger partial charge in [0.2, 0.25) is 0 Å². The van der Waals surface area contributed by atoms with Gasteiger partial charge < -0.3 is 0 Å². The number of carbonyl (C=O) groups is 1. The maximum atomic E-state index is 12.3. The lowest BCUT2D eigenvalue weighted by Crippen LogP contribution is -2.11. The molecule has 0 spiro atoms. The number of nitrogens with zero attached hydrogens (tertiary/aromatic N) is 1. The monoisotopic (exact) mass is 414 g/mol. The third-order valence-corrected chi connectivity index (χ3v) is 5.11. The van der Waals surface area contributed by atoms with E-state index in [-0.39, 0.29) is 11.3 Å². The minimum Gasteiger partial charge on any atom is -0.298 e. The number of benzene rings is 2. The molecule has 128 valence electrons. The van der Waals surface area contributed by atoms with Gasteiger partial charge in [-0.15, -0.1) is 11.3 Å². The van der Waals surface area contributed by atoms with Crippen LogP contribution in [0.15, 0.2) is 58.4 Å². The summed E-state index contributed by atoms with van der Waals surface area (Å²) in [5, 5.41) is 5.42. The van der Waals surface area contributed by atoms with Crippen LogP contribution in [0.3, 0.4) is 0 Å². The predicted molar refractivity (Wildman–Crippen MR) is 108 cm³/mol. The molecule has 25 heavy (non-hydrogen) atoms. The summed E-state index contributed by atoms with van der Waals surface area (Å²) in [5.74, 6) is -0.162. The number of thiazole rings is 1. The number of hydrogen-bond donors (Lipinski definition) is 1. The third-order valence-electron chi connectivity index (χ3n) is 3.86. The molecule has 0 aliphatic rings. The lowest BCUT2D eigenvalue weighted by molar-refractivity contribution is 0.102. The summed E-state index contributed by atoms with van der Waals surface area (Å²) in [4.78, 5) is 16.8. The van der Waals surface area contributed by atoms with E-state index < -0.39 is 0 Å². The molecule has 3 nitrogen and oxygen atoms in total. The van der Waals surface area contributed by atoms with E-state index in [0.29, 0.717) is 10.7 Å². The zero-order valence-electron chi connectivity index (χ0n) is 14.3. The molecule has 1 aromatic heterocycles. The van der Waals surface area contributed by atoms with Crippen LogP contribution in [0.4, 0.5) is 5.13 Å². The molecule has 0 atom stereocenters. The molecular weight excluding hydrogens is 396 g/mol. The van der Waals surface area contributed by atoms with Crippen molar-refractivity contribution in [1.82, 2.24) is 4.98 Å². The Morgan fingerprint density at radius 2 is 1.84 bits per heavy atom. The van der Waals surface area contributed by atoms with Crippen LogP contribution in [0.2, 0.25) is 0 Å². The van der Waals surface area contributed by atoms with E-state index in [2.05, 4.69) is 71.3 Å². The van der Waals surface area contributed by atoms with Crippen molar-refractivity contribution in [3.8, 4) is 11.3 Å². The van der Waals surface area contributed by atoms with E-state index in [1.807, 2.05) is 17.5 Å². The average Bonchev–Trinajstić information content (AvgIpc) is 3.02. The van der Waals surface area contributed by atoms with E-state index in [1.54, 1.807) is 12.1 Å². The molecular formula is C20H19BrN2OS. The van der Waals surface area contributed by atoms with Crippen LogP contribution in [-0.4, -0.2) is 10.9 Å². The Balaban J connectivity index is 1.75. The minimum atomic E-state index is -0.162. The van der Waals surface area contributed by atoms with Crippen LogP contribution in [0.25, 0.3) is 11.3 Å². The Morgan fingerprint density at radius 3 is 2.48 bits per heavy atom. The number of rotatable bonds is 3. The van der Waals surface area contributed by atoms with Crippen molar-refractivity contribution in [3.05, 3.63) is 69.5 Å². The maximum Gasteiger partial charge on any atom is 0.257 e. The summed E-state index contributed by atoms with van der Waals surface area (Å²) >= 11 is 4.80. The van der Waals surface area contributed by atoms with Crippen LogP contribution >= 0.6 is 27.3 Å². The van der Waals surface area contributed by atoms with Gasteiger partial charge in [-0.1, -0.05) is 67.0 Å². The SMILES string of the molecule is CC(C)(C)c1ccc(-c2csc(NC(=O)c3cccc(Br)c3)n2)cc1. The van der Waals surface area contributed by atoms with E-state index in [1.165, 1.54) is 16.9 Å². The van der Waals surface area contributed by atoms with Crippen LogP contribution in [0, 0.1) is 0 Å². The summed E-state index contributed by atoms with van der Waals surface area (Å²) in [6.45, 7) is 6.58. The largest absolute Gasteiger partial charge is 0.298 e. The Morgan fingerprint density at radius 1 is 1.12 bits per heavy atom. The Bertz CT molecular complexity index is 895. The molecule has 0 unspecified atom stereocenters. The summed E-state index contributed by atoms with van der Waals surface area (Å²) in [6, 6.07) is 15.7. The van der Waals surface area contributed by atoms with Gasteiger partial charge in [-0.2, -0.15) is 0 Å². The van der Waals surface area contributed by atoms with Crippen molar-refractivity contribution in [3.63, 3.8) is 0 Å². The van der Waals surface area contributed by atoms with Crippen molar-refractivity contribution in [1.29, 1.82) is 0 Å². The highest BCUT2D eigenvalue weighted by Crippen LogP contribution is 2.28. The van der Waals surface area contributed by atoms with Gasteiger partial charge in [0.15, 0.2) is 5.13 Å². The average molecular weight is 415 g/mol. The molecule has 0 saturated carbocycles. The Kier molecular flexibility index (Phi) is 5.06. The van der Waals surface area contributed by atoms with Crippen molar-refractivity contribution in [2.75, 3.05) is 5.32 Å². The zero-order valence-corrected chi connectivity index (χ0v) is 16.7. The third kappa shape index (κ3) is 4.35. The topological polar surface area (TPSA) is 42.0 Å². The standard InChI is InChI=1S/C20H19BrN2OS/c1-20(2,3)15-9-7-13(8-10-15)17-12-25-19(22-17)23-18(24)14-5-4-6-16(21)11-14/h4-12H,1-3H3,(H,22,23,24). The summed E-state index contributed by atoms with van der Waals surface area (Å²) in [5.41, 5.74) is 3.93. The Labute approximate surface area is 160 Å². The van der Waals surface area contributed by atoms with E-state index >= 15 is 0 Å². The van der Waals surface area contributed by atoms with Crippen LogP contribution < -0.4 is 5.32 Å². The fourth-order valence-electron chi connectivity index (χ4n) is 2.40. The number of nitrogens with one attached hydrogen (secondary N) is 1. The smallest absolute Gasteiger partial charge is 0.257 e. The molecule has 1 N–H and O–H groups in total. The van der Waals surface area contributed by atoms with Crippen LogP contribution in [0.5, 0.6) is 0 Å². The molecule has 5 heteroatoms. The number of aromatic nitrogens is 1. The fraction of sp³-hybridized carbons (Fsp3) is 0.200. The van der Waals surface area contributed by atoms with Gasteiger partial charge in [0.1, 0.15) is 0 Å². The van der Waals surface area contributed by atoms with Gasteiger partial charge in [0.05, 0.1) is 5.69 Å². The van der Waals surface area contributed by atoms with Gasteiger partial charge in [-0.25, -0.2) is 4.98 Å². The zero-order chi connectivity index (χ0) is 18.0. The quantitative estimate of drug-likeness (QED) is 0.560. The molecule has 2 aromatic carbocycles. The molecule has 0 aliphatic carbocycles. The fourth-order valence-corrected chi connectivity index (χ4v) is 3.52. The van der Waals surface area contributed by atoms with Crippen molar-refractivity contribution < 1.29 is 4.79 Å². The van der Waals surface area contributed by atoms with Gasteiger partial charge in [0.25, 0.3) is 5.91 Å². The van der Waals surface area contributed by atoms with Gasteiger partial charge >= 0.3 is 0 Å². The van der Waals surface area contributed by atoms with E-state index in [4.69, 9.17) is 0 Å². The number of halogens is 1. The molecule has 1 heterocycles. The normalized spacial score (nSPS) is 11.4. The molecule has 3 rings (SSSR count). The molecule has 3 aromatic rings.